The highest BCUT2D eigenvalue weighted by atomic mass is 79.9. The molecule has 1 aliphatic rings. The molecule has 0 atom stereocenters. The zero-order valence-corrected chi connectivity index (χ0v) is 18.0. The predicted molar refractivity (Wildman–Crippen MR) is 113 cm³/mol. The van der Waals surface area contributed by atoms with Crippen LogP contribution in [0.25, 0.3) is 6.08 Å². The Balaban J connectivity index is 1.95. The summed E-state index contributed by atoms with van der Waals surface area (Å²) in [5, 5.41) is 0. The maximum absolute atomic E-state index is 14.0. The first-order chi connectivity index (χ1) is 13.9. The second kappa shape index (κ2) is 9.22. The third-order valence-electron chi connectivity index (χ3n) is 3.92. The third-order valence-corrected chi connectivity index (χ3v) is 4.51. The molecule has 0 spiro atoms. The molecule has 5 nitrogen and oxygen atoms in total. The van der Waals surface area contributed by atoms with Crippen LogP contribution in [-0.4, -0.2) is 25.1 Å². The number of esters is 1. The summed E-state index contributed by atoms with van der Waals surface area (Å²) in [5.74, 6) is 0.315. The van der Waals surface area contributed by atoms with Gasteiger partial charge in [-0.3, -0.25) is 0 Å². The average molecular weight is 462 g/mol. The van der Waals surface area contributed by atoms with E-state index < -0.39 is 11.8 Å². The highest BCUT2D eigenvalue weighted by Gasteiger charge is 2.26. The van der Waals surface area contributed by atoms with Gasteiger partial charge in [0.2, 0.25) is 5.90 Å². The maximum atomic E-state index is 14.0. The van der Waals surface area contributed by atoms with Crippen LogP contribution >= 0.6 is 15.9 Å². The van der Waals surface area contributed by atoms with Crippen LogP contribution in [0.1, 0.15) is 31.9 Å². The quantitative estimate of drug-likeness (QED) is 0.410. The molecule has 1 aliphatic heterocycles. The van der Waals surface area contributed by atoms with E-state index in [9.17, 15) is 9.18 Å². The summed E-state index contributed by atoms with van der Waals surface area (Å²) in [6.45, 7) is 7.00. The summed E-state index contributed by atoms with van der Waals surface area (Å²) in [6, 6.07) is 9.57. The van der Waals surface area contributed by atoms with E-state index >= 15 is 0 Å². The predicted octanol–water partition coefficient (Wildman–Crippen LogP) is 5.37. The molecule has 2 aromatic rings. The van der Waals surface area contributed by atoms with Crippen molar-refractivity contribution in [2.24, 2.45) is 10.9 Å². The Labute approximate surface area is 177 Å². The van der Waals surface area contributed by atoms with Gasteiger partial charge in [0.15, 0.2) is 17.2 Å². The Morgan fingerprint density at radius 1 is 1.24 bits per heavy atom. The van der Waals surface area contributed by atoms with Gasteiger partial charge in [-0.05, 0) is 64.7 Å². The van der Waals surface area contributed by atoms with Gasteiger partial charge in [0.25, 0.3) is 0 Å². The Hall–Kier alpha value is -2.67. The fourth-order valence-corrected chi connectivity index (χ4v) is 3.22. The number of benzene rings is 2. The number of rotatable bonds is 7. The normalized spacial score (nSPS) is 14.9. The van der Waals surface area contributed by atoms with Gasteiger partial charge < -0.3 is 14.2 Å². The lowest BCUT2D eigenvalue weighted by molar-refractivity contribution is -0.129. The van der Waals surface area contributed by atoms with E-state index in [2.05, 4.69) is 34.8 Å². The van der Waals surface area contributed by atoms with Crippen molar-refractivity contribution >= 4 is 33.9 Å². The van der Waals surface area contributed by atoms with Crippen LogP contribution in [-0.2, 0) is 9.53 Å². The minimum Gasteiger partial charge on any atom is -0.490 e. The number of hydrogen-bond acceptors (Lipinski definition) is 5. The number of ether oxygens (including phenoxy) is 3. The van der Waals surface area contributed by atoms with Crippen LogP contribution in [0.3, 0.4) is 0 Å². The maximum Gasteiger partial charge on any atom is 0.363 e. The summed E-state index contributed by atoms with van der Waals surface area (Å²) in [4.78, 5) is 16.4. The summed E-state index contributed by atoms with van der Waals surface area (Å²) in [5.41, 5.74) is 0.883. The van der Waals surface area contributed by atoms with E-state index in [1.807, 2.05) is 6.92 Å². The van der Waals surface area contributed by atoms with Gasteiger partial charge in [-0.15, -0.1) is 0 Å². The third kappa shape index (κ3) is 5.03. The van der Waals surface area contributed by atoms with Crippen molar-refractivity contribution in [1.29, 1.82) is 0 Å². The molecular formula is C22H21BrFNO4. The van der Waals surface area contributed by atoms with Gasteiger partial charge >= 0.3 is 5.97 Å². The Morgan fingerprint density at radius 3 is 2.69 bits per heavy atom. The van der Waals surface area contributed by atoms with Gasteiger partial charge in [-0.1, -0.05) is 26.0 Å². The lowest BCUT2D eigenvalue weighted by Crippen LogP contribution is -2.07. The zero-order chi connectivity index (χ0) is 21.0. The van der Waals surface area contributed by atoms with Crippen LogP contribution in [0.5, 0.6) is 11.5 Å². The van der Waals surface area contributed by atoms with Crippen molar-refractivity contribution in [3.05, 3.63) is 63.5 Å². The number of hydrogen-bond donors (Lipinski definition) is 0. The number of aliphatic imine (C=N–C) groups is 1. The van der Waals surface area contributed by atoms with Crippen LogP contribution in [0.15, 0.2) is 51.6 Å². The monoisotopic (exact) mass is 461 g/mol. The van der Waals surface area contributed by atoms with Crippen LogP contribution in [0.2, 0.25) is 0 Å². The fourth-order valence-electron chi connectivity index (χ4n) is 2.64. The van der Waals surface area contributed by atoms with Gasteiger partial charge in [0.1, 0.15) is 5.82 Å². The van der Waals surface area contributed by atoms with Gasteiger partial charge in [0, 0.05) is 0 Å². The lowest BCUT2D eigenvalue weighted by Gasteiger charge is -2.16. The first-order valence-corrected chi connectivity index (χ1v) is 10.0. The summed E-state index contributed by atoms with van der Waals surface area (Å²) in [7, 11) is 0. The van der Waals surface area contributed by atoms with E-state index in [0.29, 0.717) is 40.7 Å². The number of carbonyl (C=O) groups is 1. The van der Waals surface area contributed by atoms with Crippen molar-refractivity contribution in [2.75, 3.05) is 13.2 Å². The molecule has 152 valence electrons. The SMILES string of the molecule is CCOc1cc(/C=C2\N=C(c3ccccc3F)OC2=O)cc(Br)c1OCC(C)C. The summed E-state index contributed by atoms with van der Waals surface area (Å²) < 4.78 is 31.4. The van der Waals surface area contributed by atoms with Crippen LogP contribution in [0.4, 0.5) is 4.39 Å². The molecular weight excluding hydrogens is 441 g/mol. The van der Waals surface area contributed by atoms with Crippen molar-refractivity contribution in [3.8, 4) is 11.5 Å². The molecule has 0 bridgehead atoms. The molecule has 0 aliphatic carbocycles. The largest absolute Gasteiger partial charge is 0.490 e. The summed E-state index contributed by atoms with van der Waals surface area (Å²) >= 11 is 3.50. The second-order valence-corrected chi connectivity index (χ2v) is 7.64. The minimum atomic E-state index is -0.641. The highest BCUT2D eigenvalue weighted by molar-refractivity contribution is 9.10. The summed E-state index contributed by atoms with van der Waals surface area (Å²) in [6.07, 6.45) is 1.57. The smallest absolute Gasteiger partial charge is 0.363 e. The van der Waals surface area contributed by atoms with Crippen LogP contribution < -0.4 is 9.47 Å². The number of nitrogens with zero attached hydrogens (tertiary/aromatic N) is 1. The Kier molecular flexibility index (Phi) is 6.69. The molecule has 0 saturated carbocycles. The molecule has 3 rings (SSSR count). The topological polar surface area (TPSA) is 57.1 Å². The average Bonchev–Trinajstić information content (AvgIpc) is 3.01. The number of carbonyl (C=O) groups excluding carboxylic acids is 1. The minimum absolute atomic E-state index is 0.0552. The number of halogens is 2. The van der Waals surface area contributed by atoms with Gasteiger partial charge in [0.05, 0.1) is 23.2 Å². The highest BCUT2D eigenvalue weighted by Crippen LogP contribution is 2.38. The molecule has 0 saturated heterocycles. The standard InChI is InChI=1S/C22H21BrFNO4/c1-4-27-19-11-14(9-16(23)20(19)28-12-13(2)3)10-18-22(26)29-21(25-18)15-7-5-6-8-17(15)24/h5-11,13H,4,12H2,1-3H3/b18-10-. The first kappa shape index (κ1) is 21.0. The molecule has 7 heteroatoms. The molecule has 0 aromatic heterocycles. The molecule has 29 heavy (non-hydrogen) atoms. The Morgan fingerprint density at radius 2 is 2.00 bits per heavy atom. The molecule has 1 heterocycles. The second-order valence-electron chi connectivity index (χ2n) is 6.78. The van der Waals surface area contributed by atoms with E-state index in [1.54, 1.807) is 30.3 Å². The van der Waals surface area contributed by atoms with Crippen molar-refractivity contribution in [2.45, 2.75) is 20.8 Å². The molecule has 0 N–H and O–H groups in total. The van der Waals surface area contributed by atoms with Crippen LogP contribution in [0, 0.1) is 11.7 Å². The van der Waals surface area contributed by atoms with E-state index in [-0.39, 0.29) is 17.2 Å². The molecule has 2 aromatic carbocycles. The first-order valence-electron chi connectivity index (χ1n) is 9.25. The molecule has 0 fully saturated rings. The lowest BCUT2D eigenvalue weighted by atomic mass is 10.1. The molecule has 0 amide bonds. The Bertz CT molecular complexity index is 985. The van der Waals surface area contributed by atoms with E-state index in [1.165, 1.54) is 12.1 Å². The molecule has 0 unspecified atom stereocenters. The van der Waals surface area contributed by atoms with Crippen molar-refractivity contribution in [3.63, 3.8) is 0 Å². The fraction of sp³-hybridized carbons (Fsp3) is 0.273. The van der Waals surface area contributed by atoms with Gasteiger partial charge in [-0.25, -0.2) is 14.2 Å². The number of cyclic esters (lactones) is 1. The van der Waals surface area contributed by atoms with Crippen molar-refractivity contribution in [1.82, 2.24) is 0 Å². The van der Waals surface area contributed by atoms with E-state index in [0.717, 1.165) is 0 Å². The van der Waals surface area contributed by atoms with E-state index in [4.69, 9.17) is 14.2 Å². The van der Waals surface area contributed by atoms with Crippen molar-refractivity contribution < 1.29 is 23.4 Å². The molecule has 0 radical (unpaired) electrons. The van der Waals surface area contributed by atoms with Gasteiger partial charge in [-0.2, -0.15) is 0 Å². The zero-order valence-electron chi connectivity index (χ0n) is 16.4.